The SMILES string of the molecule is CC1(C)c2cc3c(cc2-c2c1cc(-c1ccc4c(c1)sc1ccccc14)c1oc4ccccc4c21)C(C)(C)c1cc(-c2ccc4c(c2)sc2ccccc24)c2oc4ccccc4c2c1-3. The third-order valence-corrected chi connectivity index (χ3v) is 17.3. The van der Waals surface area contributed by atoms with E-state index in [9.17, 15) is 0 Å². The van der Waals surface area contributed by atoms with Crippen molar-refractivity contribution in [3.05, 3.63) is 180 Å². The van der Waals surface area contributed by atoms with Gasteiger partial charge >= 0.3 is 0 Å². The van der Waals surface area contributed by atoms with Crippen LogP contribution < -0.4 is 0 Å². The highest BCUT2D eigenvalue weighted by Crippen LogP contribution is 2.61. The molecule has 0 unspecified atom stereocenters. The van der Waals surface area contributed by atoms with E-state index in [0.717, 1.165) is 44.2 Å². The molecular formula is C60H38O2S2. The van der Waals surface area contributed by atoms with Gasteiger partial charge in [0, 0.05) is 83.8 Å². The van der Waals surface area contributed by atoms with Crippen LogP contribution in [0.3, 0.4) is 0 Å². The van der Waals surface area contributed by atoms with Crippen LogP contribution in [0, 0.1) is 0 Å². The molecule has 4 heterocycles. The summed E-state index contributed by atoms with van der Waals surface area (Å²) in [5.74, 6) is 0. The molecule has 4 aromatic heterocycles. The normalized spacial score (nSPS) is 14.8. The second-order valence-electron chi connectivity index (χ2n) is 19.1. The Morgan fingerprint density at radius 2 is 0.719 bits per heavy atom. The first kappa shape index (κ1) is 35.5. The van der Waals surface area contributed by atoms with Gasteiger partial charge in [0.1, 0.15) is 22.3 Å². The van der Waals surface area contributed by atoms with E-state index in [1.54, 1.807) is 0 Å². The summed E-state index contributed by atoms with van der Waals surface area (Å²) >= 11 is 3.74. The van der Waals surface area contributed by atoms with E-state index in [0.29, 0.717) is 0 Å². The maximum Gasteiger partial charge on any atom is 0.143 e. The molecule has 0 atom stereocenters. The Morgan fingerprint density at radius 3 is 1.17 bits per heavy atom. The molecule has 15 rings (SSSR count). The van der Waals surface area contributed by atoms with Gasteiger partial charge < -0.3 is 8.83 Å². The fourth-order valence-electron chi connectivity index (χ4n) is 11.9. The van der Waals surface area contributed by atoms with E-state index in [1.165, 1.54) is 107 Å². The second-order valence-corrected chi connectivity index (χ2v) is 21.3. The second kappa shape index (κ2) is 12.0. The average molecular weight is 855 g/mol. The Morgan fingerprint density at radius 1 is 0.344 bits per heavy atom. The standard InChI is InChI=1S/C60H38O2S2/c1-59(2)43-29-42-44(30-41(43)53-45(59)27-39(57-55(53)37-15-5-9-17-47(37)61-57)31-21-23-35-33-13-7-11-19-49(33)63-51(35)25-31)60(3,4)46-28-40(58-56(54(42)46)38-16-6-10-18-48(38)62-58)32-22-24-36-34-14-8-12-20-50(34)64-52(36)26-32/h5-30H,1-4H3. The Balaban J connectivity index is 0.983. The summed E-state index contributed by atoms with van der Waals surface area (Å²) in [4.78, 5) is 0. The fourth-order valence-corrected chi connectivity index (χ4v) is 14.2. The summed E-state index contributed by atoms with van der Waals surface area (Å²) in [5.41, 5.74) is 18.5. The van der Waals surface area contributed by atoms with Gasteiger partial charge in [-0.3, -0.25) is 0 Å². The van der Waals surface area contributed by atoms with Gasteiger partial charge in [-0.2, -0.15) is 0 Å². The van der Waals surface area contributed by atoms with Crippen LogP contribution in [-0.4, -0.2) is 0 Å². The van der Waals surface area contributed by atoms with Gasteiger partial charge in [0.05, 0.1) is 0 Å². The highest BCUT2D eigenvalue weighted by Gasteiger charge is 2.44. The van der Waals surface area contributed by atoms with Crippen molar-refractivity contribution in [3.63, 3.8) is 0 Å². The van der Waals surface area contributed by atoms with Crippen LogP contribution in [0.1, 0.15) is 49.9 Å². The van der Waals surface area contributed by atoms with Crippen LogP contribution in [0.15, 0.2) is 167 Å². The van der Waals surface area contributed by atoms with Crippen LogP contribution in [0.25, 0.3) is 129 Å². The van der Waals surface area contributed by atoms with E-state index in [-0.39, 0.29) is 10.8 Å². The largest absolute Gasteiger partial charge is 0.455 e. The lowest BCUT2D eigenvalue weighted by Crippen LogP contribution is -2.17. The van der Waals surface area contributed by atoms with Crippen LogP contribution >= 0.6 is 22.7 Å². The van der Waals surface area contributed by atoms with Gasteiger partial charge in [-0.25, -0.2) is 0 Å². The Hall–Kier alpha value is -6.98. The number of benzene rings is 9. The summed E-state index contributed by atoms with van der Waals surface area (Å²) in [6, 6.07) is 58.7. The van der Waals surface area contributed by atoms with E-state index in [1.807, 2.05) is 22.7 Å². The lowest BCUT2D eigenvalue weighted by molar-refractivity contribution is 0.650. The number of rotatable bonds is 2. The first-order chi connectivity index (χ1) is 31.2. The average Bonchev–Trinajstić information content (AvgIpc) is 4.15. The molecule has 0 fully saturated rings. The topological polar surface area (TPSA) is 26.3 Å². The van der Waals surface area contributed by atoms with Gasteiger partial charge in [-0.15, -0.1) is 22.7 Å². The highest BCUT2D eigenvalue weighted by molar-refractivity contribution is 7.26. The summed E-state index contributed by atoms with van der Waals surface area (Å²) < 4.78 is 19.2. The smallest absolute Gasteiger partial charge is 0.143 e. The summed E-state index contributed by atoms with van der Waals surface area (Å²) in [6.45, 7) is 9.70. The van der Waals surface area contributed by atoms with E-state index in [4.69, 9.17) is 8.83 Å². The van der Waals surface area contributed by atoms with Crippen molar-refractivity contribution in [1.29, 1.82) is 0 Å². The fraction of sp³-hybridized carbons (Fsp3) is 0.100. The first-order valence-electron chi connectivity index (χ1n) is 22.2. The van der Waals surface area contributed by atoms with Crippen molar-refractivity contribution >= 4 is 107 Å². The third kappa shape index (κ3) is 4.40. The van der Waals surface area contributed by atoms with Crippen molar-refractivity contribution in [2.75, 3.05) is 0 Å². The van der Waals surface area contributed by atoms with Crippen molar-refractivity contribution in [2.45, 2.75) is 38.5 Å². The number of para-hydroxylation sites is 2. The molecule has 0 N–H and O–H groups in total. The molecule has 0 bridgehead atoms. The molecule has 2 nitrogen and oxygen atoms in total. The van der Waals surface area contributed by atoms with Crippen LogP contribution in [0.5, 0.6) is 0 Å². The Labute approximate surface area is 376 Å². The Kier molecular flexibility index (Phi) is 6.64. The molecule has 9 aromatic carbocycles. The van der Waals surface area contributed by atoms with Crippen LogP contribution in [-0.2, 0) is 10.8 Å². The molecule has 2 aliphatic rings. The van der Waals surface area contributed by atoms with Crippen molar-refractivity contribution in [3.8, 4) is 44.5 Å². The molecular weight excluding hydrogens is 817 g/mol. The minimum atomic E-state index is -0.285. The quantitative estimate of drug-likeness (QED) is 0.173. The van der Waals surface area contributed by atoms with Gasteiger partial charge in [-0.05, 0) is 116 Å². The zero-order chi connectivity index (χ0) is 42.4. The van der Waals surface area contributed by atoms with Crippen LogP contribution in [0.4, 0.5) is 0 Å². The monoisotopic (exact) mass is 854 g/mol. The van der Waals surface area contributed by atoms with E-state index in [2.05, 4.69) is 185 Å². The molecule has 2 aliphatic carbocycles. The molecule has 0 amide bonds. The lowest BCUT2D eigenvalue weighted by Gasteiger charge is -2.24. The number of thiophene rings is 2. The molecule has 64 heavy (non-hydrogen) atoms. The van der Waals surface area contributed by atoms with Crippen molar-refractivity contribution in [2.24, 2.45) is 0 Å². The maximum atomic E-state index is 6.97. The number of hydrogen-bond acceptors (Lipinski definition) is 4. The summed E-state index contributed by atoms with van der Waals surface area (Å²) in [6.07, 6.45) is 0. The molecule has 0 saturated heterocycles. The predicted octanol–water partition coefficient (Wildman–Crippen LogP) is 18.2. The summed E-state index contributed by atoms with van der Waals surface area (Å²) in [5, 5.41) is 9.99. The molecule has 13 aromatic rings. The van der Waals surface area contributed by atoms with Crippen LogP contribution in [0.2, 0.25) is 0 Å². The summed E-state index contributed by atoms with van der Waals surface area (Å²) in [7, 11) is 0. The van der Waals surface area contributed by atoms with Gasteiger partial charge in [0.2, 0.25) is 0 Å². The third-order valence-electron chi connectivity index (χ3n) is 15.1. The van der Waals surface area contributed by atoms with E-state index < -0.39 is 0 Å². The lowest BCUT2D eigenvalue weighted by atomic mass is 9.79. The predicted molar refractivity (Wildman–Crippen MR) is 273 cm³/mol. The van der Waals surface area contributed by atoms with Gasteiger partial charge in [0.15, 0.2) is 0 Å². The first-order valence-corrected chi connectivity index (χ1v) is 23.9. The van der Waals surface area contributed by atoms with Gasteiger partial charge in [0.25, 0.3) is 0 Å². The molecule has 0 saturated carbocycles. The number of hydrogen-bond donors (Lipinski definition) is 0. The zero-order valence-corrected chi connectivity index (χ0v) is 37.3. The van der Waals surface area contributed by atoms with Crippen molar-refractivity contribution in [1.82, 2.24) is 0 Å². The Bertz CT molecular complexity index is 3980. The highest BCUT2D eigenvalue weighted by atomic mass is 32.1. The molecule has 0 spiro atoms. The molecule has 0 aliphatic heterocycles. The molecule has 302 valence electrons. The van der Waals surface area contributed by atoms with E-state index >= 15 is 0 Å². The minimum Gasteiger partial charge on any atom is -0.455 e. The van der Waals surface area contributed by atoms with Gasteiger partial charge in [-0.1, -0.05) is 125 Å². The molecule has 4 heteroatoms. The maximum absolute atomic E-state index is 6.97. The number of fused-ring (bicyclic) bond motifs is 20. The molecule has 0 radical (unpaired) electrons. The zero-order valence-electron chi connectivity index (χ0n) is 35.6. The minimum absolute atomic E-state index is 0.285. The van der Waals surface area contributed by atoms with Crippen molar-refractivity contribution < 1.29 is 8.83 Å². The number of furan rings is 2.